The minimum atomic E-state index is -0.568. The molecule has 1 atom stereocenters. The van der Waals surface area contributed by atoms with Gasteiger partial charge in [0, 0.05) is 0 Å². The van der Waals surface area contributed by atoms with E-state index in [-0.39, 0.29) is 11.8 Å². The predicted octanol–water partition coefficient (Wildman–Crippen LogP) is 1.79. The Balaban J connectivity index is 2.94. The Bertz CT molecular complexity index is 460. The molecular weight excluding hydrogens is 214 g/mol. The molecule has 90 valence electrons. The van der Waals surface area contributed by atoms with Crippen molar-refractivity contribution in [2.24, 2.45) is 11.7 Å². The van der Waals surface area contributed by atoms with Crippen LogP contribution in [0.1, 0.15) is 25.0 Å². The van der Waals surface area contributed by atoms with Gasteiger partial charge in [0.1, 0.15) is 6.07 Å². The van der Waals surface area contributed by atoms with Gasteiger partial charge in [-0.2, -0.15) is 5.26 Å². The molecule has 1 aromatic rings. The van der Waals surface area contributed by atoms with Gasteiger partial charge in [-0.25, -0.2) is 0 Å². The number of carbonyl (C=O) groups excluding carboxylic acids is 1. The van der Waals surface area contributed by atoms with Crippen LogP contribution < -0.4 is 11.1 Å². The summed E-state index contributed by atoms with van der Waals surface area (Å²) in [7, 11) is 0. The molecule has 0 saturated carbocycles. The number of nitrogens with zero attached hydrogens (tertiary/aromatic N) is 1. The van der Waals surface area contributed by atoms with Gasteiger partial charge in [-0.1, -0.05) is 26.0 Å². The molecule has 0 saturated heterocycles. The van der Waals surface area contributed by atoms with Crippen molar-refractivity contribution in [1.82, 2.24) is 0 Å². The number of aryl methyl sites for hydroxylation is 1. The molecule has 0 fully saturated rings. The van der Waals surface area contributed by atoms with Crippen LogP contribution in [0.4, 0.5) is 5.69 Å². The fourth-order valence-corrected chi connectivity index (χ4v) is 1.44. The Labute approximate surface area is 101 Å². The van der Waals surface area contributed by atoms with E-state index in [1.807, 2.05) is 26.8 Å². The third kappa shape index (κ3) is 3.05. The summed E-state index contributed by atoms with van der Waals surface area (Å²) in [5.41, 5.74) is 7.58. The molecule has 0 spiro atoms. The first-order chi connectivity index (χ1) is 7.97. The van der Waals surface area contributed by atoms with Gasteiger partial charge < -0.3 is 11.1 Å². The second-order valence-corrected chi connectivity index (χ2v) is 4.37. The van der Waals surface area contributed by atoms with Crippen molar-refractivity contribution in [3.63, 3.8) is 0 Å². The first-order valence-electron chi connectivity index (χ1n) is 5.53. The van der Waals surface area contributed by atoms with Crippen LogP contribution in [0, 0.1) is 24.2 Å². The maximum absolute atomic E-state index is 11.8. The molecule has 0 radical (unpaired) electrons. The minimum absolute atomic E-state index is 0.0605. The Morgan fingerprint density at radius 2 is 2.12 bits per heavy atom. The van der Waals surface area contributed by atoms with Crippen molar-refractivity contribution in [1.29, 1.82) is 5.26 Å². The Kier molecular flexibility index (Phi) is 4.24. The highest BCUT2D eigenvalue weighted by Crippen LogP contribution is 2.18. The molecule has 17 heavy (non-hydrogen) atoms. The standard InChI is InChI=1S/C13H17N3O/c1-8(2)12(15)13(17)16-11-6-4-5-9(3)10(11)7-14/h4-6,8,12H,15H2,1-3H3,(H,16,17)/t12-/m0/s1. The van der Waals surface area contributed by atoms with Crippen molar-refractivity contribution >= 4 is 11.6 Å². The Hall–Kier alpha value is -1.86. The lowest BCUT2D eigenvalue weighted by molar-refractivity contribution is -0.118. The molecule has 0 unspecified atom stereocenters. The monoisotopic (exact) mass is 231 g/mol. The normalized spacial score (nSPS) is 12.0. The van der Waals surface area contributed by atoms with Crippen molar-refractivity contribution in [3.05, 3.63) is 29.3 Å². The molecule has 0 aliphatic heterocycles. The van der Waals surface area contributed by atoms with Crippen LogP contribution in [0.2, 0.25) is 0 Å². The first-order valence-corrected chi connectivity index (χ1v) is 5.53. The van der Waals surface area contributed by atoms with Crippen LogP contribution in [0.3, 0.4) is 0 Å². The van der Waals surface area contributed by atoms with Crippen LogP contribution >= 0.6 is 0 Å². The zero-order valence-electron chi connectivity index (χ0n) is 10.3. The number of amides is 1. The van der Waals surface area contributed by atoms with Crippen molar-refractivity contribution in [3.8, 4) is 6.07 Å². The number of nitrogens with two attached hydrogens (primary N) is 1. The lowest BCUT2D eigenvalue weighted by atomic mass is 10.0. The van der Waals surface area contributed by atoms with Crippen LogP contribution in [0.15, 0.2) is 18.2 Å². The van der Waals surface area contributed by atoms with Crippen LogP contribution in [-0.2, 0) is 4.79 Å². The molecule has 0 aromatic heterocycles. The van der Waals surface area contributed by atoms with E-state index in [1.54, 1.807) is 12.1 Å². The summed E-state index contributed by atoms with van der Waals surface area (Å²) in [6, 6.07) is 6.85. The smallest absolute Gasteiger partial charge is 0.241 e. The molecule has 0 heterocycles. The molecule has 1 amide bonds. The van der Waals surface area contributed by atoms with E-state index in [0.29, 0.717) is 11.3 Å². The van der Waals surface area contributed by atoms with Gasteiger partial charge in [0.2, 0.25) is 5.91 Å². The molecule has 4 nitrogen and oxygen atoms in total. The predicted molar refractivity (Wildman–Crippen MR) is 67.3 cm³/mol. The largest absolute Gasteiger partial charge is 0.324 e. The lowest BCUT2D eigenvalue weighted by Crippen LogP contribution is -2.39. The molecule has 3 N–H and O–H groups in total. The maximum Gasteiger partial charge on any atom is 0.241 e. The summed E-state index contributed by atoms with van der Waals surface area (Å²) in [4.78, 5) is 11.8. The third-order valence-electron chi connectivity index (χ3n) is 2.66. The Morgan fingerprint density at radius 3 is 2.65 bits per heavy atom. The summed E-state index contributed by atoms with van der Waals surface area (Å²) in [6.07, 6.45) is 0. The highest BCUT2D eigenvalue weighted by molar-refractivity contribution is 5.96. The highest BCUT2D eigenvalue weighted by Gasteiger charge is 2.18. The van der Waals surface area contributed by atoms with Gasteiger partial charge in [-0.15, -0.1) is 0 Å². The number of nitrogens with one attached hydrogen (secondary N) is 1. The first kappa shape index (κ1) is 13.2. The van der Waals surface area contributed by atoms with E-state index in [2.05, 4.69) is 11.4 Å². The van der Waals surface area contributed by atoms with Crippen LogP contribution in [0.5, 0.6) is 0 Å². The molecule has 0 aliphatic rings. The van der Waals surface area contributed by atoms with E-state index >= 15 is 0 Å². The SMILES string of the molecule is Cc1cccc(NC(=O)[C@@H](N)C(C)C)c1C#N. The van der Waals surface area contributed by atoms with Gasteiger partial charge >= 0.3 is 0 Å². The van der Waals surface area contributed by atoms with Crippen LogP contribution in [-0.4, -0.2) is 11.9 Å². The molecule has 1 rings (SSSR count). The summed E-state index contributed by atoms with van der Waals surface area (Å²) < 4.78 is 0. The van der Waals surface area contributed by atoms with E-state index in [1.165, 1.54) is 0 Å². The number of nitriles is 1. The number of rotatable bonds is 3. The lowest BCUT2D eigenvalue weighted by Gasteiger charge is -2.16. The number of carbonyl (C=O) groups is 1. The van der Waals surface area contributed by atoms with E-state index in [9.17, 15) is 4.79 Å². The molecule has 1 aromatic carbocycles. The summed E-state index contributed by atoms with van der Waals surface area (Å²) in [5.74, 6) is -0.201. The highest BCUT2D eigenvalue weighted by atomic mass is 16.2. The summed E-state index contributed by atoms with van der Waals surface area (Å²) in [6.45, 7) is 5.59. The topological polar surface area (TPSA) is 78.9 Å². The van der Waals surface area contributed by atoms with Gasteiger partial charge in [0.15, 0.2) is 0 Å². The number of anilines is 1. The van der Waals surface area contributed by atoms with Gasteiger partial charge in [0.05, 0.1) is 17.3 Å². The second kappa shape index (κ2) is 5.46. The zero-order chi connectivity index (χ0) is 13.0. The molecule has 0 bridgehead atoms. The Morgan fingerprint density at radius 1 is 1.47 bits per heavy atom. The average molecular weight is 231 g/mol. The van der Waals surface area contributed by atoms with Crippen LogP contribution in [0.25, 0.3) is 0 Å². The van der Waals surface area contributed by atoms with Crippen molar-refractivity contribution in [2.45, 2.75) is 26.8 Å². The van der Waals surface area contributed by atoms with E-state index in [0.717, 1.165) is 5.56 Å². The van der Waals surface area contributed by atoms with Crippen molar-refractivity contribution in [2.75, 3.05) is 5.32 Å². The minimum Gasteiger partial charge on any atom is -0.324 e. The van der Waals surface area contributed by atoms with E-state index in [4.69, 9.17) is 11.0 Å². The summed E-state index contributed by atoms with van der Waals surface area (Å²) in [5, 5.41) is 11.7. The van der Waals surface area contributed by atoms with Crippen molar-refractivity contribution < 1.29 is 4.79 Å². The van der Waals surface area contributed by atoms with Gasteiger partial charge in [-0.3, -0.25) is 4.79 Å². The van der Waals surface area contributed by atoms with Gasteiger partial charge in [-0.05, 0) is 24.5 Å². The fourth-order valence-electron chi connectivity index (χ4n) is 1.44. The maximum atomic E-state index is 11.8. The quantitative estimate of drug-likeness (QED) is 0.832. The molecular formula is C13H17N3O. The average Bonchev–Trinajstić information content (AvgIpc) is 2.28. The van der Waals surface area contributed by atoms with Gasteiger partial charge in [0.25, 0.3) is 0 Å². The fraction of sp³-hybridized carbons (Fsp3) is 0.385. The summed E-state index contributed by atoms with van der Waals surface area (Å²) >= 11 is 0. The molecule has 0 aliphatic carbocycles. The number of hydrogen-bond donors (Lipinski definition) is 2. The zero-order valence-corrected chi connectivity index (χ0v) is 10.3. The second-order valence-electron chi connectivity index (χ2n) is 4.37. The number of hydrogen-bond acceptors (Lipinski definition) is 3. The number of benzene rings is 1. The third-order valence-corrected chi connectivity index (χ3v) is 2.66. The molecule has 4 heteroatoms. The van der Waals surface area contributed by atoms with E-state index < -0.39 is 6.04 Å².